The van der Waals surface area contributed by atoms with Crippen molar-refractivity contribution >= 4 is 11.5 Å². The topological polar surface area (TPSA) is 26.5 Å². The summed E-state index contributed by atoms with van der Waals surface area (Å²) >= 11 is 0. The van der Waals surface area contributed by atoms with Crippen molar-refractivity contribution in [3.63, 3.8) is 0 Å². The minimum Gasteiger partial charge on any atom is -0.346 e. The Balaban J connectivity index is 1.53. The molecule has 1 unspecified atom stereocenters. The van der Waals surface area contributed by atoms with Gasteiger partial charge in [0.2, 0.25) is 0 Å². The molecule has 2 aliphatic rings. The number of aliphatic hydroxyl groups is 1. The standard InChI is InChI=1S/C27H29N2O/c1-21-11-17-25(18-12-21)28-20-27(30,29-19-7-3-6-10-26(28)29)24-15-13-23(14-16-24)22-8-4-2-5-9-22/h2,4-5,8-9,11-18,30H,3,6-7,10,19-20H2,1H3/q+1. The lowest BCUT2D eigenvalue weighted by Crippen LogP contribution is -2.41. The molecule has 1 N–H and O–H groups in total. The number of benzene rings is 3. The molecule has 5 rings (SSSR count). The number of rotatable bonds is 3. The van der Waals surface area contributed by atoms with Crippen molar-refractivity contribution in [2.45, 2.75) is 38.3 Å². The normalized spacial score (nSPS) is 21.5. The fraction of sp³-hybridized carbons (Fsp3) is 0.296. The van der Waals surface area contributed by atoms with Crippen molar-refractivity contribution in [2.24, 2.45) is 0 Å². The number of nitrogens with zero attached hydrogens (tertiary/aromatic N) is 2. The molecule has 0 aromatic heterocycles. The molecule has 0 saturated heterocycles. The van der Waals surface area contributed by atoms with E-state index in [2.05, 4.69) is 89.2 Å². The van der Waals surface area contributed by atoms with Gasteiger partial charge < -0.3 is 5.11 Å². The first-order chi connectivity index (χ1) is 14.6. The fourth-order valence-corrected chi connectivity index (χ4v) is 4.84. The molecule has 30 heavy (non-hydrogen) atoms. The smallest absolute Gasteiger partial charge is 0.271 e. The number of amidine groups is 1. The lowest BCUT2D eigenvalue weighted by Gasteiger charge is -2.24. The first kappa shape index (κ1) is 19.1. The molecule has 0 aliphatic carbocycles. The first-order valence-corrected chi connectivity index (χ1v) is 11.0. The molecule has 152 valence electrons. The molecule has 0 fully saturated rings. The van der Waals surface area contributed by atoms with Crippen LogP contribution in [0.25, 0.3) is 11.1 Å². The highest BCUT2D eigenvalue weighted by atomic mass is 16.3. The van der Waals surface area contributed by atoms with Crippen molar-refractivity contribution in [1.29, 1.82) is 0 Å². The van der Waals surface area contributed by atoms with Crippen molar-refractivity contribution in [3.8, 4) is 11.1 Å². The van der Waals surface area contributed by atoms with E-state index in [1.807, 2.05) is 6.07 Å². The SMILES string of the molecule is Cc1ccc(N2CC(O)(c3ccc(-c4ccccc4)cc3)[N+]3=C2CCCCC3)cc1. The van der Waals surface area contributed by atoms with Crippen LogP contribution in [0.3, 0.4) is 0 Å². The molecule has 3 aromatic rings. The maximum absolute atomic E-state index is 12.0. The third-order valence-electron chi connectivity index (χ3n) is 6.53. The Morgan fingerprint density at radius 3 is 2.23 bits per heavy atom. The van der Waals surface area contributed by atoms with Gasteiger partial charge in [0, 0.05) is 12.0 Å². The van der Waals surface area contributed by atoms with Crippen LogP contribution < -0.4 is 4.90 Å². The maximum atomic E-state index is 12.0. The van der Waals surface area contributed by atoms with Crippen molar-refractivity contribution in [3.05, 3.63) is 90.0 Å². The van der Waals surface area contributed by atoms with Crippen LogP contribution >= 0.6 is 0 Å². The number of anilines is 1. The minimum absolute atomic E-state index is 0.566. The van der Waals surface area contributed by atoms with Crippen LogP contribution in [0.4, 0.5) is 5.69 Å². The Bertz CT molecular complexity index is 1050. The van der Waals surface area contributed by atoms with Gasteiger partial charge in [-0.2, -0.15) is 0 Å². The Morgan fingerprint density at radius 2 is 1.50 bits per heavy atom. The Hall–Kier alpha value is -2.91. The number of hydrogen-bond donors (Lipinski definition) is 1. The zero-order chi connectivity index (χ0) is 20.6. The van der Waals surface area contributed by atoms with E-state index in [4.69, 9.17) is 0 Å². The summed E-state index contributed by atoms with van der Waals surface area (Å²) in [4.78, 5) is 2.33. The minimum atomic E-state index is -1.00. The van der Waals surface area contributed by atoms with Gasteiger partial charge in [-0.25, -0.2) is 9.48 Å². The van der Waals surface area contributed by atoms with E-state index in [1.165, 1.54) is 41.1 Å². The second kappa shape index (κ2) is 7.73. The quantitative estimate of drug-likeness (QED) is 0.606. The van der Waals surface area contributed by atoms with Crippen molar-refractivity contribution in [2.75, 3.05) is 18.0 Å². The highest BCUT2D eigenvalue weighted by Crippen LogP contribution is 2.36. The summed E-state index contributed by atoms with van der Waals surface area (Å²) in [7, 11) is 0. The molecule has 3 nitrogen and oxygen atoms in total. The van der Waals surface area contributed by atoms with Crippen LogP contribution in [-0.4, -0.2) is 28.6 Å². The molecule has 0 radical (unpaired) electrons. The van der Waals surface area contributed by atoms with Gasteiger partial charge >= 0.3 is 0 Å². The van der Waals surface area contributed by atoms with Gasteiger partial charge in [0.05, 0.1) is 6.54 Å². The average molecular weight is 398 g/mol. The molecular weight excluding hydrogens is 368 g/mol. The Kier molecular flexibility index (Phi) is 4.92. The zero-order valence-corrected chi connectivity index (χ0v) is 17.6. The first-order valence-electron chi connectivity index (χ1n) is 11.0. The zero-order valence-electron chi connectivity index (χ0n) is 17.6. The average Bonchev–Trinajstić information content (AvgIpc) is 2.94. The molecule has 2 heterocycles. The van der Waals surface area contributed by atoms with Crippen molar-refractivity contribution < 1.29 is 9.68 Å². The monoisotopic (exact) mass is 397 g/mol. The predicted molar refractivity (Wildman–Crippen MR) is 123 cm³/mol. The lowest BCUT2D eigenvalue weighted by molar-refractivity contribution is -0.658. The molecule has 0 saturated carbocycles. The van der Waals surface area contributed by atoms with Crippen LogP contribution in [0.5, 0.6) is 0 Å². The lowest BCUT2D eigenvalue weighted by atomic mass is 9.98. The Labute approximate surface area is 178 Å². The van der Waals surface area contributed by atoms with E-state index in [0.29, 0.717) is 6.54 Å². The predicted octanol–water partition coefficient (Wildman–Crippen LogP) is 5.31. The summed E-state index contributed by atoms with van der Waals surface area (Å²) < 4.78 is 2.26. The van der Waals surface area contributed by atoms with E-state index in [9.17, 15) is 5.11 Å². The highest BCUT2D eigenvalue weighted by molar-refractivity contribution is 5.95. The van der Waals surface area contributed by atoms with Gasteiger partial charge in [0.15, 0.2) is 6.54 Å². The number of aryl methyl sites for hydroxylation is 1. The van der Waals surface area contributed by atoms with Crippen LogP contribution in [0, 0.1) is 6.92 Å². The molecule has 2 aliphatic heterocycles. The van der Waals surface area contributed by atoms with E-state index >= 15 is 0 Å². The molecule has 1 atom stereocenters. The Morgan fingerprint density at radius 1 is 0.800 bits per heavy atom. The summed E-state index contributed by atoms with van der Waals surface area (Å²) in [5.74, 6) is 1.26. The third-order valence-corrected chi connectivity index (χ3v) is 6.53. The summed E-state index contributed by atoms with van der Waals surface area (Å²) in [5.41, 5.74) is 4.77. The summed E-state index contributed by atoms with van der Waals surface area (Å²) in [6.45, 7) is 3.58. The fourth-order valence-electron chi connectivity index (χ4n) is 4.84. The number of β-amino-alcohol motifs (C(OH)–C–C–N with tert-alkyl or cyclic N) is 1. The molecule has 3 aromatic carbocycles. The largest absolute Gasteiger partial charge is 0.346 e. The summed E-state index contributed by atoms with van der Waals surface area (Å²) in [6.07, 6.45) is 4.52. The van der Waals surface area contributed by atoms with Crippen molar-refractivity contribution in [1.82, 2.24) is 0 Å². The van der Waals surface area contributed by atoms with Gasteiger partial charge in [-0.1, -0.05) is 72.3 Å². The van der Waals surface area contributed by atoms with Crippen LogP contribution in [0.2, 0.25) is 0 Å². The summed E-state index contributed by atoms with van der Waals surface area (Å²) in [6, 6.07) is 27.5. The second-order valence-corrected chi connectivity index (χ2v) is 8.56. The summed E-state index contributed by atoms with van der Waals surface area (Å²) in [5, 5.41) is 12.0. The van der Waals surface area contributed by atoms with Gasteiger partial charge in [-0.05, 0) is 49.4 Å². The molecule has 3 heteroatoms. The molecular formula is C27H29N2O+. The van der Waals surface area contributed by atoms with E-state index in [1.54, 1.807) is 0 Å². The van der Waals surface area contributed by atoms with Crippen LogP contribution in [0.15, 0.2) is 78.9 Å². The van der Waals surface area contributed by atoms with Gasteiger partial charge in [-0.15, -0.1) is 0 Å². The van der Waals surface area contributed by atoms with Gasteiger partial charge in [-0.3, -0.25) is 0 Å². The second-order valence-electron chi connectivity index (χ2n) is 8.56. The van der Waals surface area contributed by atoms with Crippen LogP contribution in [-0.2, 0) is 5.72 Å². The van der Waals surface area contributed by atoms with Crippen LogP contribution in [0.1, 0.15) is 36.8 Å². The van der Waals surface area contributed by atoms with E-state index in [-0.39, 0.29) is 0 Å². The van der Waals surface area contributed by atoms with E-state index in [0.717, 1.165) is 24.9 Å². The molecule has 0 spiro atoms. The highest BCUT2D eigenvalue weighted by Gasteiger charge is 2.51. The van der Waals surface area contributed by atoms with Gasteiger partial charge in [0.1, 0.15) is 5.69 Å². The van der Waals surface area contributed by atoms with E-state index < -0.39 is 5.72 Å². The molecule has 0 amide bonds. The van der Waals surface area contributed by atoms with Gasteiger partial charge in [0.25, 0.3) is 11.6 Å². The number of hydrogen-bond acceptors (Lipinski definition) is 2. The molecule has 0 bridgehead atoms. The third kappa shape index (κ3) is 3.33. The maximum Gasteiger partial charge on any atom is 0.271 e.